The molecule has 0 aliphatic heterocycles. The van der Waals surface area contributed by atoms with Gasteiger partial charge in [0.15, 0.2) is 11.5 Å². The highest BCUT2D eigenvalue weighted by atomic mass is 16.5. The Balaban J connectivity index is 1.95. The van der Waals surface area contributed by atoms with Crippen molar-refractivity contribution in [3.8, 4) is 22.6 Å². The Morgan fingerprint density at radius 2 is 0.944 bits per heavy atom. The fraction of sp³-hybridized carbons (Fsp3) is 0.533. The van der Waals surface area contributed by atoms with E-state index in [0.717, 1.165) is 49.7 Å². The number of nitrogens with two attached hydrogens (primary N) is 2. The summed E-state index contributed by atoms with van der Waals surface area (Å²) in [6.45, 7) is 4.37. The molecule has 0 saturated heterocycles. The molecule has 2 rings (SSSR count). The summed E-state index contributed by atoms with van der Waals surface area (Å²) in [5.74, 6) is 0.107. The van der Waals surface area contributed by atoms with Gasteiger partial charge in [-0.15, -0.1) is 0 Å². The molecule has 0 saturated carbocycles. The molecule has 36 heavy (non-hydrogen) atoms. The molecule has 0 aliphatic rings. The average Bonchev–Trinajstić information content (AvgIpc) is 2.86. The minimum absolute atomic E-state index is 0.282. The van der Waals surface area contributed by atoms with Crippen molar-refractivity contribution < 1.29 is 19.1 Å². The Morgan fingerprint density at radius 3 is 1.33 bits per heavy atom. The molecule has 0 spiro atoms. The van der Waals surface area contributed by atoms with E-state index in [1.54, 1.807) is 24.3 Å². The van der Waals surface area contributed by atoms with E-state index in [4.69, 9.17) is 20.9 Å². The van der Waals surface area contributed by atoms with Crippen molar-refractivity contribution in [2.24, 2.45) is 0 Å². The van der Waals surface area contributed by atoms with E-state index >= 15 is 0 Å². The van der Waals surface area contributed by atoms with Crippen molar-refractivity contribution in [1.82, 2.24) is 0 Å². The lowest BCUT2D eigenvalue weighted by molar-refractivity contribution is -0.135. The molecule has 2 aromatic carbocycles. The first kappa shape index (κ1) is 29.2. The molecule has 198 valence electrons. The zero-order chi connectivity index (χ0) is 26.2. The number of hydrogen-bond acceptors (Lipinski definition) is 6. The van der Waals surface area contributed by atoms with Crippen molar-refractivity contribution in [2.45, 2.75) is 104 Å². The number of unbranched alkanes of at least 4 members (excludes halogenated alkanes) is 10. The molecule has 0 heterocycles. The van der Waals surface area contributed by atoms with Crippen LogP contribution in [0.5, 0.6) is 11.5 Å². The van der Waals surface area contributed by atoms with Crippen LogP contribution in [-0.2, 0) is 9.59 Å². The molecular formula is C30H44N2O4. The van der Waals surface area contributed by atoms with Gasteiger partial charge in [-0.2, -0.15) is 0 Å². The van der Waals surface area contributed by atoms with Crippen LogP contribution >= 0.6 is 0 Å². The van der Waals surface area contributed by atoms with Gasteiger partial charge in [0.25, 0.3) is 0 Å². The number of carbonyl (C=O) groups is 2. The lowest BCUT2D eigenvalue weighted by atomic mass is 10.0. The molecule has 2 aromatic rings. The second-order valence-corrected chi connectivity index (χ2v) is 9.49. The van der Waals surface area contributed by atoms with Crippen LogP contribution in [0.1, 0.15) is 104 Å². The van der Waals surface area contributed by atoms with E-state index in [2.05, 4.69) is 13.8 Å². The number of carbonyl (C=O) groups excluding carboxylic acids is 2. The van der Waals surface area contributed by atoms with E-state index in [1.165, 1.54) is 38.5 Å². The van der Waals surface area contributed by atoms with Crippen LogP contribution in [-0.4, -0.2) is 11.9 Å². The normalized spacial score (nSPS) is 10.8. The van der Waals surface area contributed by atoms with Crippen molar-refractivity contribution in [3.05, 3.63) is 36.4 Å². The maximum absolute atomic E-state index is 12.3. The third-order valence-corrected chi connectivity index (χ3v) is 6.28. The van der Waals surface area contributed by atoms with Crippen LogP contribution in [0.15, 0.2) is 36.4 Å². The van der Waals surface area contributed by atoms with Crippen molar-refractivity contribution in [3.63, 3.8) is 0 Å². The number of nitrogen functional groups attached to an aromatic ring is 2. The van der Waals surface area contributed by atoms with Crippen molar-refractivity contribution >= 4 is 23.3 Å². The number of anilines is 2. The molecule has 0 aromatic heterocycles. The van der Waals surface area contributed by atoms with Crippen LogP contribution in [0.3, 0.4) is 0 Å². The Kier molecular flexibility index (Phi) is 13.5. The lowest BCUT2D eigenvalue weighted by Crippen LogP contribution is -2.09. The Morgan fingerprint density at radius 1 is 0.583 bits per heavy atom. The van der Waals surface area contributed by atoms with Crippen molar-refractivity contribution in [2.75, 3.05) is 11.5 Å². The molecule has 6 nitrogen and oxygen atoms in total. The highest BCUT2D eigenvalue weighted by molar-refractivity contribution is 5.80. The third kappa shape index (κ3) is 10.7. The highest BCUT2D eigenvalue weighted by Gasteiger charge is 2.13. The minimum Gasteiger partial charge on any atom is -0.424 e. The maximum atomic E-state index is 12.3. The van der Waals surface area contributed by atoms with Crippen LogP contribution in [0.4, 0.5) is 11.4 Å². The molecule has 4 N–H and O–H groups in total. The summed E-state index contributed by atoms with van der Waals surface area (Å²) in [4.78, 5) is 24.7. The van der Waals surface area contributed by atoms with Gasteiger partial charge in [0.05, 0.1) is 11.4 Å². The zero-order valence-corrected chi connectivity index (χ0v) is 22.2. The molecule has 0 atom stereocenters. The number of esters is 2. The quantitative estimate of drug-likeness (QED) is 0.100. The van der Waals surface area contributed by atoms with E-state index in [1.807, 2.05) is 12.1 Å². The fourth-order valence-corrected chi connectivity index (χ4v) is 4.05. The number of rotatable bonds is 17. The summed E-state index contributed by atoms with van der Waals surface area (Å²) in [5.41, 5.74) is 14.5. The SMILES string of the molecule is CCCCCCCCC(=O)Oc1cc(-c2ccc(N)c(OC(=O)CCCCCCCC)c2)ccc1N. The smallest absolute Gasteiger partial charge is 0.311 e. The molecule has 0 aliphatic carbocycles. The van der Waals surface area contributed by atoms with E-state index in [0.29, 0.717) is 35.7 Å². The first-order valence-electron chi connectivity index (χ1n) is 13.6. The topological polar surface area (TPSA) is 105 Å². The predicted octanol–water partition coefficient (Wildman–Crippen LogP) is 7.83. The molecule has 6 heteroatoms. The fourth-order valence-electron chi connectivity index (χ4n) is 4.05. The zero-order valence-electron chi connectivity index (χ0n) is 22.2. The Bertz CT molecular complexity index is 880. The standard InChI is InChI=1S/C30H44N2O4/c1-3-5-7-9-11-13-15-29(33)35-27-21-23(17-19-25(27)31)24-18-20-26(32)28(22-24)36-30(34)16-14-12-10-8-6-4-2/h17-22H,3-16,31-32H2,1-2H3. The maximum Gasteiger partial charge on any atom is 0.311 e. The summed E-state index contributed by atoms with van der Waals surface area (Å²) in [6, 6.07) is 10.6. The van der Waals surface area contributed by atoms with Gasteiger partial charge in [0, 0.05) is 12.8 Å². The number of benzene rings is 2. The lowest BCUT2D eigenvalue weighted by Gasteiger charge is -2.12. The third-order valence-electron chi connectivity index (χ3n) is 6.28. The summed E-state index contributed by atoms with van der Waals surface area (Å²) < 4.78 is 11.1. The number of hydrogen-bond donors (Lipinski definition) is 2. The van der Waals surface area contributed by atoms with E-state index < -0.39 is 0 Å². The van der Waals surface area contributed by atoms with Gasteiger partial charge in [-0.05, 0) is 48.2 Å². The van der Waals surface area contributed by atoms with Gasteiger partial charge in [0.2, 0.25) is 0 Å². The van der Waals surface area contributed by atoms with E-state index in [-0.39, 0.29) is 11.9 Å². The molecule has 0 radical (unpaired) electrons. The van der Waals surface area contributed by atoms with Gasteiger partial charge < -0.3 is 20.9 Å². The predicted molar refractivity (Wildman–Crippen MR) is 148 cm³/mol. The van der Waals surface area contributed by atoms with Gasteiger partial charge in [-0.25, -0.2) is 0 Å². The highest BCUT2D eigenvalue weighted by Crippen LogP contribution is 2.33. The minimum atomic E-state index is -0.282. The average molecular weight is 497 g/mol. The van der Waals surface area contributed by atoms with Gasteiger partial charge >= 0.3 is 11.9 Å². The summed E-state index contributed by atoms with van der Waals surface area (Å²) >= 11 is 0. The van der Waals surface area contributed by atoms with Crippen LogP contribution in [0, 0.1) is 0 Å². The summed E-state index contributed by atoms with van der Waals surface area (Å²) in [5, 5.41) is 0. The van der Waals surface area contributed by atoms with Crippen LogP contribution in [0.25, 0.3) is 11.1 Å². The largest absolute Gasteiger partial charge is 0.424 e. The summed E-state index contributed by atoms with van der Waals surface area (Å²) in [7, 11) is 0. The van der Waals surface area contributed by atoms with Crippen LogP contribution < -0.4 is 20.9 Å². The molecule has 0 unspecified atom stereocenters. The van der Waals surface area contributed by atoms with Gasteiger partial charge in [0.1, 0.15) is 0 Å². The number of ether oxygens (including phenoxy) is 2. The molecule has 0 fully saturated rings. The second-order valence-electron chi connectivity index (χ2n) is 9.49. The molecule has 0 bridgehead atoms. The summed E-state index contributed by atoms with van der Waals surface area (Å²) in [6.07, 6.45) is 14.0. The van der Waals surface area contributed by atoms with Gasteiger partial charge in [-0.1, -0.05) is 90.2 Å². The Labute approximate surface area is 216 Å². The Hall–Kier alpha value is -3.02. The first-order valence-corrected chi connectivity index (χ1v) is 13.6. The first-order chi connectivity index (χ1) is 17.4. The molecule has 0 amide bonds. The van der Waals surface area contributed by atoms with Crippen LogP contribution in [0.2, 0.25) is 0 Å². The van der Waals surface area contributed by atoms with E-state index in [9.17, 15) is 9.59 Å². The van der Waals surface area contributed by atoms with Gasteiger partial charge in [-0.3, -0.25) is 9.59 Å². The monoisotopic (exact) mass is 496 g/mol. The van der Waals surface area contributed by atoms with Crippen molar-refractivity contribution in [1.29, 1.82) is 0 Å². The molecular weight excluding hydrogens is 452 g/mol. The second kappa shape index (κ2) is 16.6.